The lowest BCUT2D eigenvalue weighted by Gasteiger charge is -2.34. The van der Waals surface area contributed by atoms with E-state index in [-0.39, 0.29) is 18.4 Å². The summed E-state index contributed by atoms with van der Waals surface area (Å²) in [5, 5.41) is 0. The van der Waals surface area contributed by atoms with Crippen LogP contribution in [-0.4, -0.2) is 27.0 Å². The molecule has 0 saturated heterocycles. The molecule has 0 fully saturated rings. The fourth-order valence-electron chi connectivity index (χ4n) is 2.33. The van der Waals surface area contributed by atoms with Crippen molar-refractivity contribution < 1.29 is 35.3 Å². The van der Waals surface area contributed by atoms with Crippen LogP contribution in [0.4, 0.5) is 13.2 Å². The van der Waals surface area contributed by atoms with Crippen LogP contribution in [0.15, 0.2) is 23.5 Å². The molecule has 0 aromatic carbocycles. The topological polar surface area (TPSA) is 69.7 Å². The van der Waals surface area contributed by atoms with Gasteiger partial charge in [-0.1, -0.05) is 19.4 Å². The van der Waals surface area contributed by atoms with Gasteiger partial charge in [-0.3, -0.25) is 0 Å². The van der Waals surface area contributed by atoms with Crippen LogP contribution in [0.25, 0.3) is 0 Å². The van der Waals surface area contributed by atoms with E-state index < -0.39 is 32.8 Å². The first kappa shape index (κ1) is 18.5. The quantitative estimate of drug-likeness (QED) is 0.436. The Balaban J connectivity index is 3.25. The van der Waals surface area contributed by atoms with Gasteiger partial charge in [-0.2, -0.15) is 21.6 Å². The minimum absolute atomic E-state index is 0.0758. The Bertz CT molecular complexity index is 604. The predicted octanol–water partition coefficient (Wildman–Crippen LogP) is 3.05. The van der Waals surface area contributed by atoms with Crippen molar-refractivity contribution in [2.75, 3.05) is 7.11 Å². The molecule has 126 valence electrons. The molecule has 0 aromatic heterocycles. The van der Waals surface area contributed by atoms with Crippen LogP contribution in [0, 0.1) is 5.41 Å². The van der Waals surface area contributed by atoms with Crippen molar-refractivity contribution in [2.24, 2.45) is 5.41 Å². The van der Waals surface area contributed by atoms with Crippen LogP contribution in [0.3, 0.4) is 0 Å². The molecular weight excluding hydrogens is 325 g/mol. The fraction of sp³-hybridized carbons (Fsp3) is 0.615. The summed E-state index contributed by atoms with van der Waals surface area (Å²) in [6.45, 7) is 3.21. The van der Waals surface area contributed by atoms with E-state index in [0.717, 1.165) is 7.11 Å². The van der Waals surface area contributed by atoms with E-state index in [1.54, 1.807) is 6.92 Å². The minimum atomic E-state index is -5.79. The molecule has 0 saturated carbocycles. The van der Waals surface area contributed by atoms with Gasteiger partial charge in [-0.25, -0.2) is 4.79 Å². The summed E-state index contributed by atoms with van der Waals surface area (Å²) in [4.78, 5) is 11.8. The molecule has 0 amide bonds. The zero-order valence-electron chi connectivity index (χ0n) is 12.4. The van der Waals surface area contributed by atoms with Crippen LogP contribution in [0.2, 0.25) is 0 Å². The molecule has 0 heterocycles. The third kappa shape index (κ3) is 3.45. The number of carbonyl (C=O) groups is 1. The number of ether oxygens (including phenoxy) is 1. The number of methoxy groups -OCH3 is 1. The summed E-state index contributed by atoms with van der Waals surface area (Å²) in [5.74, 6) is -1.14. The first-order valence-electron chi connectivity index (χ1n) is 6.50. The fourth-order valence-corrected chi connectivity index (χ4v) is 2.92. The van der Waals surface area contributed by atoms with Crippen molar-refractivity contribution in [3.8, 4) is 0 Å². The summed E-state index contributed by atoms with van der Waals surface area (Å²) < 4.78 is 68.9. The van der Waals surface area contributed by atoms with E-state index in [1.165, 1.54) is 19.1 Å². The third-order valence-electron chi connectivity index (χ3n) is 3.40. The van der Waals surface area contributed by atoms with Crippen LogP contribution in [0.1, 0.15) is 33.1 Å². The lowest BCUT2D eigenvalue weighted by atomic mass is 9.73. The number of halogens is 3. The zero-order valence-corrected chi connectivity index (χ0v) is 13.2. The molecule has 1 aliphatic rings. The Morgan fingerprint density at radius 3 is 2.41 bits per heavy atom. The van der Waals surface area contributed by atoms with Crippen molar-refractivity contribution in [3.63, 3.8) is 0 Å². The minimum Gasteiger partial charge on any atom is -0.466 e. The number of hydrogen-bond acceptors (Lipinski definition) is 5. The molecule has 5 nitrogen and oxygen atoms in total. The second-order valence-corrected chi connectivity index (χ2v) is 6.52. The molecule has 0 aromatic rings. The molecule has 0 radical (unpaired) electrons. The van der Waals surface area contributed by atoms with Gasteiger partial charge in [0.15, 0.2) is 0 Å². The first-order valence-corrected chi connectivity index (χ1v) is 7.90. The molecule has 1 rings (SSSR count). The maximum atomic E-state index is 12.5. The van der Waals surface area contributed by atoms with E-state index in [0.29, 0.717) is 6.42 Å². The zero-order chi connectivity index (χ0) is 17.2. The lowest BCUT2D eigenvalue weighted by Crippen LogP contribution is -2.34. The van der Waals surface area contributed by atoms with E-state index in [4.69, 9.17) is 0 Å². The van der Waals surface area contributed by atoms with E-state index in [9.17, 15) is 26.4 Å². The lowest BCUT2D eigenvalue weighted by molar-refractivity contribution is -0.137. The van der Waals surface area contributed by atoms with Crippen molar-refractivity contribution >= 4 is 16.1 Å². The highest BCUT2D eigenvalue weighted by atomic mass is 32.2. The Hall–Kier alpha value is -1.51. The van der Waals surface area contributed by atoms with E-state index in [2.05, 4.69) is 8.92 Å². The molecule has 0 aliphatic heterocycles. The molecule has 22 heavy (non-hydrogen) atoms. The third-order valence-corrected chi connectivity index (χ3v) is 4.37. The standard InChI is InChI=1S/C13H17F3O5S/c1-4-8-12(2)9(11(17)20-3)6-5-7-10(12)21-22(18,19)13(14,15)16/h6-7H,4-5,8H2,1-3H3/t12-/m0/s1. The summed E-state index contributed by atoms with van der Waals surface area (Å²) in [7, 11) is -4.65. The number of alkyl halides is 3. The number of hydrogen-bond donors (Lipinski definition) is 0. The average molecular weight is 342 g/mol. The molecule has 1 aliphatic carbocycles. The van der Waals surface area contributed by atoms with Crippen LogP contribution in [-0.2, 0) is 23.8 Å². The van der Waals surface area contributed by atoms with E-state index >= 15 is 0 Å². The summed E-state index contributed by atoms with van der Waals surface area (Å²) in [6.07, 6.45) is 3.52. The van der Waals surface area contributed by atoms with Crippen LogP contribution >= 0.6 is 0 Å². The summed E-state index contributed by atoms with van der Waals surface area (Å²) >= 11 is 0. The van der Waals surface area contributed by atoms with Crippen molar-refractivity contribution in [3.05, 3.63) is 23.5 Å². The van der Waals surface area contributed by atoms with Gasteiger partial charge in [-0.15, -0.1) is 0 Å². The Morgan fingerprint density at radius 2 is 1.95 bits per heavy atom. The molecule has 9 heteroatoms. The van der Waals surface area contributed by atoms with Gasteiger partial charge in [0.25, 0.3) is 0 Å². The molecule has 0 spiro atoms. The SMILES string of the molecule is CCC[C@]1(C)C(OS(=O)(=O)C(F)(F)F)=CCC=C1C(=O)OC. The second-order valence-electron chi connectivity index (χ2n) is 4.98. The molecule has 0 bridgehead atoms. The summed E-state index contributed by atoms with van der Waals surface area (Å²) in [5.41, 5.74) is -6.74. The second kappa shape index (κ2) is 6.31. The summed E-state index contributed by atoms with van der Waals surface area (Å²) in [6, 6.07) is 0. The molecular formula is C13H17F3O5S. The maximum Gasteiger partial charge on any atom is 0.534 e. The van der Waals surface area contributed by atoms with Gasteiger partial charge in [-0.05, 0) is 25.8 Å². The highest BCUT2D eigenvalue weighted by Crippen LogP contribution is 2.45. The molecule has 0 unspecified atom stereocenters. The van der Waals surface area contributed by atoms with E-state index in [1.807, 2.05) is 0 Å². The number of esters is 1. The largest absolute Gasteiger partial charge is 0.534 e. The number of carbonyl (C=O) groups excluding carboxylic acids is 1. The van der Waals surface area contributed by atoms with Crippen molar-refractivity contribution in [1.82, 2.24) is 0 Å². The van der Waals surface area contributed by atoms with Crippen molar-refractivity contribution in [1.29, 1.82) is 0 Å². The van der Waals surface area contributed by atoms with Gasteiger partial charge in [0.2, 0.25) is 0 Å². The maximum absolute atomic E-state index is 12.5. The Morgan fingerprint density at radius 1 is 1.36 bits per heavy atom. The highest BCUT2D eigenvalue weighted by Gasteiger charge is 2.51. The molecule has 1 atom stereocenters. The Labute approximate surface area is 126 Å². The van der Waals surface area contributed by atoms with Gasteiger partial charge >= 0.3 is 21.6 Å². The smallest absolute Gasteiger partial charge is 0.466 e. The predicted molar refractivity (Wildman–Crippen MR) is 71.9 cm³/mol. The van der Waals surface area contributed by atoms with Crippen LogP contribution in [0.5, 0.6) is 0 Å². The average Bonchev–Trinajstić information content (AvgIpc) is 2.39. The Kier molecular flexibility index (Phi) is 5.32. The van der Waals surface area contributed by atoms with Gasteiger partial charge in [0.05, 0.1) is 12.5 Å². The monoisotopic (exact) mass is 342 g/mol. The first-order chi connectivity index (χ1) is 9.99. The van der Waals surface area contributed by atoms with Crippen molar-refractivity contribution in [2.45, 2.75) is 38.6 Å². The van der Waals surface area contributed by atoms with Gasteiger partial charge < -0.3 is 8.92 Å². The highest BCUT2D eigenvalue weighted by molar-refractivity contribution is 7.87. The molecule has 0 N–H and O–H groups in total. The van der Waals surface area contributed by atoms with Gasteiger partial charge in [0.1, 0.15) is 5.76 Å². The number of allylic oxidation sites excluding steroid dienone is 3. The normalized spacial score (nSPS) is 22.6. The van der Waals surface area contributed by atoms with Gasteiger partial charge in [0, 0.05) is 5.57 Å². The number of rotatable bonds is 5. The van der Waals surface area contributed by atoms with Crippen LogP contribution < -0.4 is 0 Å².